The first-order valence-corrected chi connectivity index (χ1v) is 9.38. The van der Waals surface area contributed by atoms with Crippen molar-refractivity contribution >= 4 is 26.6 Å². The summed E-state index contributed by atoms with van der Waals surface area (Å²) in [6.07, 6.45) is 1.72. The van der Waals surface area contributed by atoms with Crippen LogP contribution in [0.25, 0.3) is 10.9 Å². The fourth-order valence-electron chi connectivity index (χ4n) is 3.01. The second-order valence-corrected chi connectivity index (χ2v) is 7.70. The molecule has 3 heterocycles. The summed E-state index contributed by atoms with van der Waals surface area (Å²) in [6, 6.07) is 12.0. The fourth-order valence-corrected chi connectivity index (χ4v) is 4.30. The number of rotatable bonds is 3. The molecule has 0 aliphatic carbocycles. The van der Waals surface area contributed by atoms with Crippen molar-refractivity contribution in [2.45, 2.75) is 9.92 Å². The van der Waals surface area contributed by atoms with Gasteiger partial charge >= 0.3 is 0 Å². The Balaban J connectivity index is 1.81. The third-order valence-corrected chi connectivity index (χ3v) is 5.95. The van der Waals surface area contributed by atoms with Gasteiger partial charge in [-0.1, -0.05) is 18.2 Å². The lowest BCUT2D eigenvalue weighted by Gasteiger charge is -2.28. The van der Waals surface area contributed by atoms with Gasteiger partial charge in [0.15, 0.2) is 0 Å². The number of anilines is 1. The van der Waals surface area contributed by atoms with Crippen LogP contribution in [0.4, 0.5) is 5.82 Å². The smallest absolute Gasteiger partial charge is 0.221 e. The molecule has 4 rings (SSSR count). The molecule has 0 unspecified atom stereocenters. The van der Waals surface area contributed by atoms with E-state index >= 15 is 0 Å². The quantitative estimate of drug-likeness (QED) is 0.759. The lowest BCUT2D eigenvalue weighted by Crippen LogP contribution is -2.43. The highest BCUT2D eigenvalue weighted by Gasteiger charge is 2.22. The van der Waals surface area contributed by atoms with Crippen molar-refractivity contribution in [2.24, 2.45) is 0 Å². The molecule has 1 aromatic carbocycles. The molecule has 0 amide bonds. The largest absolute Gasteiger partial charge is 0.354 e. The van der Waals surface area contributed by atoms with Crippen LogP contribution < -0.4 is 10.2 Å². The predicted molar refractivity (Wildman–Crippen MR) is 93.1 cm³/mol. The van der Waals surface area contributed by atoms with Crippen LogP contribution >= 0.6 is 0 Å². The van der Waals surface area contributed by atoms with E-state index in [4.69, 9.17) is 0 Å². The molecule has 0 bridgehead atoms. The number of piperazine rings is 1. The van der Waals surface area contributed by atoms with Crippen LogP contribution in [0.1, 0.15) is 0 Å². The van der Waals surface area contributed by atoms with Gasteiger partial charge in [-0.15, -0.1) is 0 Å². The van der Waals surface area contributed by atoms with Crippen molar-refractivity contribution < 1.29 is 8.42 Å². The van der Waals surface area contributed by atoms with Crippen LogP contribution in [0.2, 0.25) is 0 Å². The molecule has 124 valence electrons. The topological polar surface area (TPSA) is 78.1 Å². The van der Waals surface area contributed by atoms with Crippen molar-refractivity contribution in [2.75, 3.05) is 31.1 Å². The Morgan fingerprint density at radius 2 is 1.79 bits per heavy atom. The Hall–Kier alpha value is -2.38. The van der Waals surface area contributed by atoms with Crippen molar-refractivity contribution in [3.05, 3.63) is 48.7 Å². The summed E-state index contributed by atoms with van der Waals surface area (Å²) >= 11 is 0. The van der Waals surface area contributed by atoms with E-state index in [1.165, 1.54) is 0 Å². The van der Waals surface area contributed by atoms with E-state index in [0.29, 0.717) is 0 Å². The first kappa shape index (κ1) is 15.2. The molecule has 1 aliphatic heterocycles. The summed E-state index contributed by atoms with van der Waals surface area (Å²) in [5, 5.41) is 4.35. The van der Waals surface area contributed by atoms with Crippen molar-refractivity contribution in [1.82, 2.24) is 15.3 Å². The van der Waals surface area contributed by atoms with Gasteiger partial charge in [0.2, 0.25) is 9.84 Å². The Morgan fingerprint density at radius 3 is 2.54 bits per heavy atom. The second kappa shape index (κ2) is 5.92. The number of nitrogens with zero attached hydrogens (tertiary/aromatic N) is 2. The van der Waals surface area contributed by atoms with E-state index < -0.39 is 9.84 Å². The zero-order valence-corrected chi connectivity index (χ0v) is 13.9. The standard InChI is InChI=1S/C17H18N4O2S/c22-24(23,13-4-2-1-3-5-13)16-12-14-15(20-16)6-7-19-17(14)21-10-8-18-9-11-21/h1-7,12,18,20H,8-11H2. The van der Waals surface area contributed by atoms with Gasteiger partial charge in [0.25, 0.3) is 0 Å². The van der Waals surface area contributed by atoms with Crippen molar-refractivity contribution in [3.63, 3.8) is 0 Å². The van der Waals surface area contributed by atoms with Gasteiger partial charge in [-0.25, -0.2) is 13.4 Å². The minimum atomic E-state index is -3.56. The summed E-state index contributed by atoms with van der Waals surface area (Å²) in [7, 11) is -3.56. The molecule has 0 saturated carbocycles. The molecule has 7 heteroatoms. The lowest BCUT2D eigenvalue weighted by molar-refractivity contribution is 0.586. The van der Waals surface area contributed by atoms with Gasteiger partial charge < -0.3 is 15.2 Å². The molecule has 6 nitrogen and oxygen atoms in total. The Morgan fingerprint density at radius 1 is 1.04 bits per heavy atom. The lowest BCUT2D eigenvalue weighted by atomic mass is 10.2. The molecule has 3 aromatic rings. The summed E-state index contributed by atoms with van der Waals surface area (Å²) in [4.78, 5) is 10.00. The minimum absolute atomic E-state index is 0.202. The molecule has 2 N–H and O–H groups in total. The number of H-pyrrole nitrogens is 1. The van der Waals surface area contributed by atoms with E-state index in [9.17, 15) is 8.42 Å². The molecule has 1 saturated heterocycles. The van der Waals surface area contributed by atoms with Gasteiger partial charge in [-0.2, -0.15) is 0 Å². The number of benzene rings is 1. The zero-order chi connectivity index (χ0) is 16.6. The van der Waals surface area contributed by atoms with Crippen LogP contribution in [-0.2, 0) is 9.84 Å². The van der Waals surface area contributed by atoms with E-state index in [2.05, 4.69) is 20.2 Å². The number of aromatic amines is 1. The van der Waals surface area contributed by atoms with Gasteiger partial charge in [0.1, 0.15) is 10.8 Å². The highest BCUT2D eigenvalue weighted by Crippen LogP contribution is 2.29. The molecule has 0 radical (unpaired) electrons. The molecule has 24 heavy (non-hydrogen) atoms. The van der Waals surface area contributed by atoms with Gasteiger partial charge in [-0.05, 0) is 24.3 Å². The molecular weight excluding hydrogens is 324 g/mol. The average Bonchev–Trinajstić information content (AvgIpc) is 3.08. The maximum atomic E-state index is 12.8. The number of nitrogens with one attached hydrogen (secondary N) is 2. The minimum Gasteiger partial charge on any atom is -0.354 e. The summed E-state index contributed by atoms with van der Waals surface area (Å²) < 4.78 is 25.6. The number of pyridine rings is 1. The van der Waals surface area contributed by atoms with E-state index in [-0.39, 0.29) is 9.92 Å². The number of hydrogen-bond acceptors (Lipinski definition) is 5. The average molecular weight is 342 g/mol. The number of fused-ring (bicyclic) bond motifs is 1. The summed E-state index contributed by atoms with van der Waals surface area (Å²) in [5.41, 5.74) is 0.785. The van der Waals surface area contributed by atoms with Gasteiger partial charge in [-0.3, -0.25) is 0 Å². The molecule has 0 atom stereocenters. The molecule has 1 fully saturated rings. The maximum Gasteiger partial charge on any atom is 0.221 e. The first-order valence-electron chi connectivity index (χ1n) is 7.90. The number of aromatic nitrogens is 2. The molecule has 2 aromatic heterocycles. The fraction of sp³-hybridized carbons (Fsp3) is 0.235. The molecule has 0 spiro atoms. The Labute approximate surface area is 140 Å². The number of hydrogen-bond donors (Lipinski definition) is 2. The van der Waals surface area contributed by atoms with Crippen LogP contribution in [0, 0.1) is 0 Å². The summed E-state index contributed by atoms with van der Waals surface area (Å²) in [6.45, 7) is 3.52. The maximum absolute atomic E-state index is 12.8. The SMILES string of the molecule is O=S(=O)(c1ccccc1)c1cc2c(N3CCNCC3)nccc2[nH]1. The first-order chi connectivity index (χ1) is 11.7. The highest BCUT2D eigenvalue weighted by molar-refractivity contribution is 7.91. The molecule has 1 aliphatic rings. The van der Waals surface area contributed by atoms with E-state index in [1.54, 1.807) is 42.6 Å². The van der Waals surface area contributed by atoms with Crippen LogP contribution in [0.3, 0.4) is 0 Å². The second-order valence-electron chi connectivity index (χ2n) is 5.78. The van der Waals surface area contributed by atoms with Crippen molar-refractivity contribution in [3.8, 4) is 0 Å². The van der Waals surface area contributed by atoms with Crippen LogP contribution in [-0.4, -0.2) is 44.6 Å². The summed E-state index contributed by atoms with van der Waals surface area (Å²) in [5.74, 6) is 0.833. The van der Waals surface area contributed by atoms with Crippen molar-refractivity contribution in [1.29, 1.82) is 0 Å². The van der Waals surface area contributed by atoms with Gasteiger partial charge in [0.05, 0.1) is 10.4 Å². The van der Waals surface area contributed by atoms with Crippen LogP contribution in [0.15, 0.2) is 58.6 Å². The third-order valence-electron chi connectivity index (χ3n) is 4.26. The Bertz CT molecular complexity index is 961. The normalized spacial score (nSPS) is 15.8. The number of sulfone groups is 1. The van der Waals surface area contributed by atoms with Gasteiger partial charge in [0, 0.05) is 37.8 Å². The third kappa shape index (κ3) is 2.55. The van der Waals surface area contributed by atoms with E-state index in [0.717, 1.165) is 42.9 Å². The molecular formula is C17H18N4O2S. The zero-order valence-electron chi connectivity index (χ0n) is 13.1. The Kier molecular flexibility index (Phi) is 3.74. The highest BCUT2D eigenvalue weighted by atomic mass is 32.2. The van der Waals surface area contributed by atoms with Crippen LogP contribution in [0.5, 0.6) is 0 Å². The predicted octanol–water partition coefficient (Wildman–Crippen LogP) is 1.81. The monoisotopic (exact) mass is 342 g/mol. The van der Waals surface area contributed by atoms with E-state index in [1.807, 2.05) is 6.07 Å².